The second-order valence-corrected chi connectivity index (χ2v) is 9.41. The number of aryl methyl sites for hydroxylation is 2. The first-order valence-corrected chi connectivity index (χ1v) is 12.3. The number of fused-ring (bicyclic) bond motifs is 1. The molecule has 6 nitrogen and oxygen atoms in total. The van der Waals surface area contributed by atoms with Crippen LogP contribution in [0.4, 0.5) is 20.2 Å². The number of hydrogen-bond acceptors (Lipinski definition) is 5. The number of nitrogens with zero attached hydrogens (tertiary/aromatic N) is 3. The lowest BCUT2D eigenvalue weighted by Gasteiger charge is -2.38. The number of hydrogen-bond donors (Lipinski definition) is 2. The van der Waals surface area contributed by atoms with Crippen LogP contribution in [0.1, 0.15) is 60.4 Å². The molecule has 0 aliphatic carbocycles. The van der Waals surface area contributed by atoms with Gasteiger partial charge in [-0.3, -0.25) is 14.8 Å². The molecular formula is C28H32F2N4O2. The van der Waals surface area contributed by atoms with Crippen molar-refractivity contribution in [3.63, 3.8) is 0 Å². The monoisotopic (exact) mass is 494 g/mol. The Kier molecular flexibility index (Phi) is 7.64. The normalized spacial score (nSPS) is 15.5. The van der Waals surface area contributed by atoms with Crippen LogP contribution in [0, 0.1) is 6.92 Å². The van der Waals surface area contributed by atoms with Crippen molar-refractivity contribution >= 4 is 17.3 Å². The number of amides is 1. The van der Waals surface area contributed by atoms with Crippen molar-refractivity contribution in [3.05, 3.63) is 71.3 Å². The van der Waals surface area contributed by atoms with Crippen molar-refractivity contribution in [1.82, 2.24) is 9.97 Å². The van der Waals surface area contributed by atoms with Gasteiger partial charge in [0.15, 0.2) is 0 Å². The molecule has 1 aliphatic rings. The summed E-state index contributed by atoms with van der Waals surface area (Å²) in [6.07, 6.45) is 6.85. The van der Waals surface area contributed by atoms with Crippen LogP contribution in [0.25, 0.3) is 11.1 Å². The molecule has 190 valence electrons. The molecule has 0 bridgehead atoms. The van der Waals surface area contributed by atoms with E-state index in [0.717, 1.165) is 73.3 Å². The van der Waals surface area contributed by atoms with Crippen molar-refractivity contribution in [3.8, 4) is 11.1 Å². The highest BCUT2D eigenvalue weighted by atomic mass is 19.3. The number of rotatable bonds is 8. The molecule has 0 saturated carbocycles. The molecule has 0 fully saturated rings. The highest BCUT2D eigenvalue weighted by Gasteiger charge is 2.28. The zero-order valence-electron chi connectivity index (χ0n) is 20.9. The lowest BCUT2D eigenvalue weighted by atomic mass is 9.95. The molecule has 4 rings (SSSR count). The van der Waals surface area contributed by atoms with E-state index in [9.17, 15) is 18.7 Å². The number of aliphatic hydroxyl groups is 1. The number of anilines is 2. The van der Waals surface area contributed by atoms with Gasteiger partial charge in [0.2, 0.25) is 0 Å². The molecule has 0 spiro atoms. The maximum Gasteiger partial charge on any atom is 0.286 e. The summed E-state index contributed by atoms with van der Waals surface area (Å²) in [5.41, 5.74) is 5.14. The lowest BCUT2D eigenvalue weighted by molar-refractivity contribution is 0.0127. The number of carbonyl (C=O) groups excluding carboxylic acids is 1. The Morgan fingerprint density at radius 2 is 2.03 bits per heavy atom. The van der Waals surface area contributed by atoms with Gasteiger partial charge in [0.25, 0.3) is 11.8 Å². The van der Waals surface area contributed by atoms with Crippen LogP contribution in [-0.4, -0.2) is 40.2 Å². The molecular weight excluding hydrogens is 462 g/mol. The largest absolute Gasteiger partial charge is 0.394 e. The molecule has 1 unspecified atom stereocenters. The molecule has 1 aliphatic heterocycles. The molecule has 0 radical (unpaired) electrons. The molecule has 8 heteroatoms. The van der Waals surface area contributed by atoms with Crippen molar-refractivity contribution in [1.29, 1.82) is 0 Å². The van der Waals surface area contributed by atoms with E-state index in [1.54, 1.807) is 6.07 Å². The van der Waals surface area contributed by atoms with E-state index >= 15 is 0 Å². The third kappa shape index (κ3) is 5.54. The first-order valence-electron chi connectivity index (χ1n) is 12.3. The van der Waals surface area contributed by atoms with Crippen LogP contribution >= 0.6 is 0 Å². The number of nitrogens with one attached hydrogen (secondary N) is 1. The van der Waals surface area contributed by atoms with Crippen LogP contribution < -0.4 is 10.2 Å². The highest BCUT2D eigenvalue weighted by molar-refractivity contribution is 6.04. The lowest BCUT2D eigenvalue weighted by Crippen LogP contribution is -2.42. The summed E-state index contributed by atoms with van der Waals surface area (Å²) >= 11 is 0. The Balaban J connectivity index is 1.63. The molecule has 36 heavy (non-hydrogen) atoms. The van der Waals surface area contributed by atoms with Crippen molar-refractivity contribution in [2.45, 2.75) is 58.4 Å². The minimum absolute atomic E-state index is 0.0774. The topological polar surface area (TPSA) is 78.4 Å². The van der Waals surface area contributed by atoms with Gasteiger partial charge in [-0.2, -0.15) is 8.78 Å². The van der Waals surface area contributed by atoms with Gasteiger partial charge < -0.3 is 15.3 Å². The summed E-state index contributed by atoms with van der Waals surface area (Å²) in [5.74, 6) is -3.62. The summed E-state index contributed by atoms with van der Waals surface area (Å²) in [7, 11) is 0. The standard InChI is InChI=1S/C28H32F2N4O2/c1-4-5-12-34-22(17-35)8-9-24-25(34)13-20(16-32-24)23-15-21(7-6-18(23)2)33-27(36)19-10-11-31-26(14-19)28(3,29)30/h6-7,10-11,13-16,22,35H,4-5,8-9,12,17H2,1-3H3,(H,33,36). The number of halogens is 2. The third-order valence-corrected chi connectivity index (χ3v) is 6.65. The van der Waals surface area contributed by atoms with Crippen LogP contribution in [0.5, 0.6) is 0 Å². The molecule has 1 aromatic carbocycles. The number of alkyl halides is 2. The molecule has 3 heterocycles. The van der Waals surface area contributed by atoms with E-state index in [1.807, 2.05) is 25.3 Å². The van der Waals surface area contributed by atoms with Crippen LogP contribution in [0.15, 0.2) is 48.8 Å². The van der Waals surface area contributed by atoms with E-state index in [4.69, 9.17) is 4.98 Å². The molecule has 1 atom stereocenters. The fourth-order valence-electron chi connectivity index (χ4n) is 4.57. The van der Waals surface area contributed by atoms with E-state index in [1.165, 1.54) is 12.3 Å². The molecule has 3 aromatic rings. The summed E-state index contributed by atoms with van der Waals surface area (Å²) in [6.45, 7) is 5.86. The summed E-state index contributed by atoms with van der Waals surface area (Å²) in [6, 6.07) is 10.3. The Morgan fingerprint density at radius 1 is 1.22 bits per heavy atom. The zero-order valence-corrected chi connectivity index (χ0v) is 20.9. The fraction of sp³-hybridized carbons (Fsp3) is 0.393. The summed E-state index contributed by atoms with van der Waals surface area (Å²) < 4.78 is 27.3. The van der Waals surface area contributed by atoms with Gasteiger partial charge in [-0.1, -0.05) is 19.4 Å². The average Bonchev–Trinajstić information content (AvgIpc) is 2.87. The Morgan fingerprint density at radius 3 is 2.75 bits per heavy atom. The number of aromatic nitrogens is 2. The predicted octanol–water partition coefficient (Wildman–Crippen LogP) is 5.73. The predicted molar refractivity (Wildman–Crippen MR) is 138 cm³/mol. The smallest absolute Gasteiger partial charge is 0.286 e. The molecule has 2 N–H and O–H groups in total. The number of benzene rings is 1. The van der Waals surface area contributed by atoms with E-state index in [0.29, 0.717) is 5.69 Å². The number of carbonyl (C=O) groups is 1. The molecule has 1 amide bonds. The second-order valence-electron chi connectivity index (χ2n) is 9.41. The van der Waals surface area contributed by atoms with Gasteiger partial charge in [0.05, 0.1) is 24.0 Å². The SMILES string of the molecule is CCCCN1c2cc(-c3cc(NC(=O)c4ccnc(C(C)(F)F)c4)ccc3C)cnc2CCC1CO. The summed E-state index contributed by atoms with van der Waals surface area (Å²) in [4.78, 5) is 23.5. The van der Waals surface area contributed by atoms with Gasteiger partial charge in [-0.05, 0) is 67.6 Å². The maximum atomic E-state index is 13.7. The third-order valence-electron chi connectivity index (χ3n) is 6.65. The van der Waals surface area contributed by atoms with E-state index in [-0.39, 0.29) is 18.2 Å². The molecule has 2 aromatic heterocycles. The number of aliphatic hydroxyl groups excluding tert-OH is 1. The van der Waals surface area contributed by atoms with E-state index < -0.39 is 17.5 Å². The van der Waals surface area contributed by atoms with Crippen molar-refractivity contribution in [2.24, 2.45) is 0 Å². The Labute approximate surface area is 210 Å². The van der Waals surface area contributed by atoms with E-state index in [2.05, 4.69) is 28.2 Å². The van der Waals surface area contributed by atoms with Crippen LogP contribution in [-0.2, 0) is 12.3 Å². The average molecular weight is 495 g/mol. The second kappa shape index (κ2) is 10.7. The Hall–Kier alpha value is -3.39. The molecule has 0 saturated heterocycles. The number of pyridine rings is 2. The van der Waals surface area contributed by atoms with Crippen LogP contribution in [0.3, 0.4) is 0 Å². The minimum atomic E-state index is -3.13. The van der Waals surface area contributed by atoms with Gasteiger partial charge in [-0.25, -0.2) is 0 Å². The van der Waals surface area contributed by atoms with Crippen LogP contribution in [0.2, 0.25) is 0 Å². The van der Waals surface area contributed by atoms with Gasteiger partial charge in [0.1, 0.15) is 5.69 Å². The minimum Gasteiger partial charge on any atom is -0.394 e. The summed E-state index contributed by atoms with van der Waals surface area (Å²) in [5, 5.41) is 12.8. The van der Waals surface area contributed by atoms with Gasteiger partial charge in [-0.15, -0.1) is 0 Å². The number of unbranched alkanes of at least 4 members (excludes halogenated alkanes) is 1. The zero-order chi connectivity index (χ0) is 25.9. The van der Waals surface area contributed by atoms with Gasteiger partial charge in [0, 0.05) is 42.7 Å². The van der Waals surface area contributed by atoms with Gasteiger partial charge >= 0.3 is 0 Å². The quantitative estimate of drug-likeness (QED) is 0.418. The Bertz CT molecular complexity index is 1240. The van der Waals surface area contributed by atoms with Crippen molar-refractivity contribution in [2.75, 3.05) is 23.4 Å². The first-order chi connectivity index (χ1) is 17.2. The maximum absolute atomic E-state index is 13.7. The fourth-order valence-corrected chi connectivity index (χ4v) is 4.57. The highest BCUT2D eigenvalue weighted by Crippen LogP contribution is 2.35. The van der Waals surface area contributed by atoms with Crippen molar-refractivity contribution < 1.29 is 18.7 Å². The first kappa shape index (κ1) is 25.7.